The smallest absolute Gasteiger partial charge is 0.257 e. The van der Waals surface area contributed by atoms with Crippen LogP contribution in [-0.4, -0.2) is 44.9 Å². The van der Waals surface area contributed by atoms with Crippen LogP contribution in [0.3, 0.4) is 0 Å². The highest BCUT2D eigenvalue weighted by Gasteiger charge is 2.19. The third kappa shape index (κ3) is 5.67. The van der Waals surface area contributed by atoms with Gasteiger partial charge in [-0.25, -0.2) is 4.98 Å². The van der Waals surface area contributed by atoms with E-state index in [1.54, 1.807) is 32.4 Å². The lowest BCUT2D eigenvalue weighted by Gasteiger charge is -2.16. The van der Waals surface area contributed by atoms with Gasteiger partial charge in [0.25, 0.3) is 5.91 Å². The Hall–Kier alpha value is -3.46. The number of nitrogens with zero attached hydrogens (tertiary/aromatic N) is 1. The first-order valence-corrected chi connectivity index (χ1v) is 11.5. The van der Waals surface area contributed by atoms with Crippen LogP contribution in [-0.2, 0) is 0 Å². The number of anilines is 1. The van der Waals surface area contributed by atoms with Gasteiger partial charge in [0.05, 0.1) is 39.7 Å². The van der Waals surface area contributed by atoms with Crippen LogP contribution in [0.2, 0.25) is 0 Å². The minimum atomic E-state index is -0.331. The van der Waals surface area contributed by atoms with Crippen molar-refractivity contribution in [2.75, 3.05) is 39.4 Å². The summed E-state index contributed by atoms with van der Waals surface area (Å²) in [4.78, 5) is 17.6. The van der Waals surface area contributed by atoms with Crippen molar-refractivity contribution in [1.82, 2.24) is 4.98 Å². The van der Waals surface area contributed by atoms with Gasteiger partial charge in [-0.1, -0.05) is 0 Å². The molecule has 0 atom stereocenters. The molecule has 1 amide bonds. The van der Waals surface area contributed by atoms with Crippen molar-refractivity contribution in [1.29, 1.82) is 0 Å². The number of thiazole rings is 1. The monoisotopic (exact) mass is 472 g/mol. The zero-order chi connectivity index (χ0) is 23.8. The molecule has 1 aromatic heterocycles. The summed E-state index contributed by atoms with van der Waals surface area (Å²) in [7, 11) is 3.19. The summed E-state index contributed by atoms with van der Waals surface area (Å²) in [5.41, 5.74) is 1.86. The summed E-state index contributed by atoms with van der Waals surface area (Å²) in [5, 5.41) is 5.16. The molecule has 0 spiro atoms. The molecule has 33 heavy (non-hydrogen) atoms. The molecule has 1 N–H and O–H groups in total. The molecule has 3 aromatic rings. The van der Waals surface area contributed by atoms with E-state index in [0.717, 1.165) is 5.56 Å². The van der Waals surface area contributed by atoms with Crippen LogP contribution in [0.1, 0.15) is 31.1 Å². The molecule has 8 nitrogen and oxygen atoms in total. The van der Waals surface area contributed by atoms with E-state index in [9.17, 15) is 4.79 Å². The minimum Gasteiger partial charge on any atom is -0.497 e. The third-order valence-electron chi connectivity index (χ3n) is 4.58. The lowest BCUT2D eigenvalue weighted by Crippen LogP contribution is -2.13. The van der Waals surface area contributed by atoms with E-state index in [1.807, 2.05) is 38.3 Å². The molecule has 0 bridgehead atoms. The van der Waals surface area contributed by atoms with Gasteiger partial charge in [0.15, 0.2) is 16.6 Å². The van der Waals surface area contributed by atoms with Crippen LogP contribution in [0.25, 0.3) is 11.3 Å². The molecular weight excluding hydrogens is 444 g/mol. The molecule has 0 fully saturated rings. The Morgan fingerprint density at radius 1 is 0.909 bits per heavy atom. The van der Waals surface area contributed by atoms with Crippen molar-refractivity contribution in [2.45, 2.75) is 20.8 Å². The van der Waals surface area contributed by atoms with Gasteiger partial charge >= 0.3 is 0 Å². The molecular formula is C24H28N2O6S. The first-order valence-electron chi connectivity index (χ1n) is 10.6. The number of carbonyl (C=O) groups excluding carboxylic acids is 1. The van der Waals surface area contributed by atoms with E-state index in [4.69, 9.17) is 23.7 Å². The van der Waals surface area contributed by atoms with Crippen LogP contribution in [0, 0.1) is 0 Å². The third-order valence-corrected chi connectivity index (χ3v) is 5.34. The van der Waals surface area contributed by atoms with Crippen LogP contribution < -0.4 is 29.0 Å². The second kappa shape index (κ2) is 11.4. The quantitative estimate of drug-likeness (QED) is 0.406. The highest BCUT2D eigenvalue weighted by molar-refractivity contribution is 7.14. The molecule has 0 aliphatic carbocycles. The van der Waals surface area contributed by atoms with E-state index in [0.29, 0.717) is 65.0 Å². The Balaban J connectivity index is 1.87. The first-order chi connectivity index (χ1) is 16.0. The van der Waals surface area contributed by atoms with Gasteiger partial charge in [-0.2, -0.15) is 0 Å². The number of benzene rings is 2. The van der Waals surface area contributed by atoms with Gasteiger partial charge in [0.2, 0.25) is 5.75 Å². The van der Waals surface area contributed by atoms with Gasteiger partial charge in [0.1, 0.15) is 11.5 Å². The minimum absolute atomic E-state index is 0.331. The fourth-order valence-corrected chi connectivity index (χ4v) is 3.86. The summed E-state index contributed by atoms with van der Waals surface area (Å²) in [6.45, 7) is 6.92. The molecule has 0 aliphatic rings. The molecule has 2 aromatic carbocycles. The van der Waals surface area contributed by atoms with Crippen molar-refractivity contribution in [2.24, 2.45) is 0 Å². The van der Waals surface area contributed by atoms with E-state index in [-0.39, 0.29) is 5.91 Å². The zero-order valence-electron chi connectivity index (χ0n) is 19.4. The Morgan fingerprint density at radius 2 is 1.58 bits per heavy atom. The number of ether oxygens (including phenoxy) is 5. The highest BCUT2D eigenvalue weighted by Crippen LogP contribution is 2.40. The van der Waals surface area contributed by atoms with Crippen LogP contribution in [0.4, 0.5) is 5.13 Å². The van der Waals surface area contributed by atoms with Gasteiger partial charge in [-0.3, -0.25) is 10.1 Å². The predicted molar refractivity (Wildman–Crippen MR) is 129 cm³/mol. The number of nitrogens with one attached hydrogen (secondary N) is 1. The molecule has 1 heterocycles. The van der Waals surface area contributed by atoms with E-state index >= 15 is 0 Å². The molecule has 3 rings (SSSR count). The Labute approximate surface area is 197 Å². The Morgan fingerprint density at radius 3 is 2.15 bits per heavy atom. The second-order valence-corrected chi connectivity index (χ2v) is 7.52. The second-order valence-electron chi connectivity index (χ2n) is 6.66. The normalized spacial score (nSPS) is 10.5. The van der Waals surface area contributed by atoms with Crippen molar-refractivity contribution >= 4 is 22.4 Å². The summed E-state index contributed by atoms with van der Waals surface area (Å²) in [5.74, 6) is 2.39. The molecule has 176 valence electrons. The predicted octanol–water partition coefficient (Wildman–Crippen LogP) is 5.28. The zero-order valence-corrected chi connectivity index (χ0v) is 20.2. The highest BCUT2D eigenvalue weighted by atomic mass is 32.1. The molecule has 9 heteroatoms. The van der Waals surface area contributed by atoms with E-state index in [2.05, 4.69) is 10.3 Å². The summed E-state index contributed by atoms with van der Waals surface area (Å²) < 4.78 is 27.8. The average Bonchev–Trinajstić information content (AvgIpc) is 3.28. The van der Waals surface area contributed by atoms with Gasteiger partial charge in [0, 0.05) is 22.6 Å². The first kappa shape index (κ1) is 24.2. The number of amides is 1. The maximum Gasteiger partial charge on any atom is 0.257 e. The van der Waals surface area contributed by atoms with Crippen molar-refractivity contribution in [3.05, 3.63) is 41.3 Å². The molecule has 0 aliphatic heterocycles. The van der Waals surface area contributed by atoms with E-state index in [1.165, 1.54) is 11.3 Å². The van der Waals surface area contributed by atoms with Crippen molar-refractivity contribution < 1.29 is 28.5 Å². The number of hydrogen-bond acceptors (Lipinski definition) is 8. The molecule has 0 unspecified atom stereocenters. The maximum atomic E-state index is 13.0. The lowest BCUT2D eigenvalue weighted by molar-refractivity contribution is 0.102. The number of rotatable bonds is 11. The fraction of sp³-hybridized carbons (Fsp3) is 0.333. The van der Waals surface area contributed by atoms with Gasteiger partial charge in [-0.05, 0) is 45.0 Å². The fourth-order valence-electron chi connectivity index (χ4n) is 3.15. The Bertz CT molecular complexity index is 1070. The SMILES string of the molecule is CCOc1cc(C(=O)Nc2nc(-c3ccc(OC)cc3OC)cs2)cc(OCC)c1OCC. The topological polar surface area (TPSA) is 88.1 Å². The number of methoxy groups -OCH3 is 2. The molecule has 0 saturated heterocycles. The number of hydrogen-bond donors (Lipinski definition) is 1. The number of aromatic nitrogens is 1. The van der Waals surface area contributed by atoms with E-state index < -0.39 is 0 Å². The van der Waals surface area contributed by atoms with Crippen LogP contribution >= 0.6 is 11.3 Å². The Kier molecular flexibility index (Phi) is 8.37. The summed E-state index contributed by atoms with van der Waals surface area (Å²) >= 11 is 1.32. The number of carbonyl (C=O) groups is 1. The maximum absolute atomic E-state index is 13.0. The summed E-state index contributed by atoms with van der Waals surface area (Å²) in [6, 6.07) is 8.78. The molecule has 0 radical (unpaired) electrons. The molecule has 0 saturated carbocycles. The summed E-state index contributed by atoms with van der Waals surface area (Å²) in [6.07, 6.45) is 0. The lowest BCUT2D eigenvalue weighted by atomic mass is 10.1. The van der Waals surface area contributed by atoms with Gasteiger partial charge in [-0.15, -0.1) is 11.3 Å². The van der Waals surface area contributed by atoms with Gasteiger partial charge < -0.3 is 23.7 Å². The van der Waals surface area contributed by atoms with Crippen LogP contribution in [0.5, 0.6) is 28.7 Å². The van der Waals surface area contributed by atoms with Crippen LogP contribution in [0.15, 0.2) is 35.7 Å². The van der Waals surface area contributed by atoms with Crippen molar-refractivity contribution in [3.8, 4) is 40.0 Å². The standard InChI is InChI=1S/C24H28N2O6S/c1-6-30-20-11-15(12-21(31-7-2)22(20)32-8-3)23(27)26-24-25-18(14-33-24)17-10-9-16(28-4)13-19(17)29-5/h9-14H,6-8H2,1-5H3,(H,25,26,27). The largest absolute Gasteiger partial charge is 0.497 e. The van der Waals surface area contributed by atoms with Crippen molar-refractivity contribution in [3.63, 3.8) is 0 Å². The average molecular weight is 473 g/mol.